The minimum Gasteiger partial charge on any atom is -0.325 e. The van der Waals surface area contributed by atoms with Crippen molar-refractivity contribution in [1.82, 2.24) is 4.98 Å². The van der Waals surface area contributed by atoms with Crippen molar-refractivity contribution in [2.24, 2.45) is 11.7 Å². The van der Waals surface area contributed by atoms with E-state index in [0.29, 0.717) is 6.54 Å². The number of carbonyl (C=O) groups is 1. The molecular weight excluding hydrogens is 188 g/mol. The highest BCUT2D eigenvalue weighted by Gasteiger charge is 2.14. The Morgan fingerprint density at radius 2 is 2.33 bits per heavy atom. The van der Waals surface area contributed by atoms with E-state index in [1.807, 2.05) is 6.92 Å². The highest BCUT2D eigenvalue weighted by atomic mass is 16.1. The van der Waals surface area contributed by atoms with Gasteiger partial charge in [-0.1, -0.05) is 20.3 Å². The van der Waals surface area contributed by atoms with Crippen LogP contribution in [-0.4, -0.2) is 10.8 Å². The lowest BCUT2D eigenvalue weighted by Crippen LogP contribution is -2.12. The normalized spacial score (nSPS) is 12.5. The molecule has 0 aromatic carbocycles. The zero-order valence-electron chi connectivity index (χ0n) is 9.36. The first kappa shape index (κ1) is 11.9. The standard InChI is InChI=1S/C12H18N2O/c1-3-4-9(2)12(15)10-5-6-14-11(7-10)8-13/h5-7,9H,3-4,8,13H2,1-2H3. The topological polar surface area (TPSA) is 56.0 Å². The summed E-state index contributed by atoms with van der Waals surface area (Å²) >= 11 is 0. The van der Waals surface area contributed by atoms with Crippen molar-refractivity contribution < 1.29 is 4.79 Å². The van der Waals surface area contributed by atoms with Gasteiger partial charge in [0.25, 0.3) is 0 Å². The molecule has 1 aromatic heterocycles. The molecule has 0 fully saturated rings. The summed E-state index contributed by atoms with van der Waals surface area (Å²) in [6.07, 6.45) is 3.61. The Morgan fingerprint density at radius 1 is 1.60 bits per heavy atom. The molecule has 15 heavy (non-hydrogen) atoms. The highest BCUT2D eigenvalue weighted by Crippen LogP contribution is 2.13. The van der Waals surface area contributed by atoms with E-state index in [1.165, 1.54) is 0 Å². The maximum atomic E-state index is 11.9. The number of hydrogen-bond donors (Lipinski definition) is 1. The quantitative estimate of drug-likeness (QED) is 0.751. The van der Waals surface area contributed by atoms with Gasteiger partial charge in [-0.15, -0.1) is 0 Å². The summed E-state index contributed by atoms with van der Waals surface area (Å²) in [6.45, 7) is 4.43. The number of nitrogens with zero attached hydrogens (tertiary/aromatic N) is 1. The molecular formula is C12H18N2O. The van der Waals surface area contributed by atoms with Crippen molar-refractivity contribution in [2.45, 2.75) is 33.2 Å². The van der Waals surface area contributed by atoms with Crippen LogP contribution >= 0.6 is 0 Å². The number of rotatable bonds is 5. The SMILES string of the molecule is CCCC(C)C(=O)c1ccnc(CN)c1. The summed E-state index contributed by atoms with van der Waals surface area (Å²) in [5.41, 5.74) is 6.98. The molecule has 0 bridgehead atoms. The van der Waals surface area contributed by atoms with Gasteiger partial charge in [-0.05, 0) is 18.6 Å². The number of nitrogens with two attached hydrogens (primary N) is 1. The summed E-state index contributed by atoms with van der Waals surface area (Å²) in [5, 5.41) is 0. The van der Waals surface area contributed by atoms with E-state index in [1.54, 1.807) is 18.3 Å². The second-order valence-electron chi connectivity index (χ2n) is 3.79. The van der Waals surface area contributed by atoms with Gasteiger partial charge in [-0.2, -0.15) is 0 Å². The van der Waals surface area contributed by atoms with Crippen LogP contribution in [-0.2, 0) is 6.54 Å². The summed E-state index contributed by atoms with van der Waals surface area (Å²) in [7, 11) is 0. The van der Waals surface area contributed by atoms with E-state index >= 15 is 0 Å². The third-order valence-electron chi connectivity index (χ3n) is 2.48. The second kappa shape index (κ2) is 5.61. The predicted octanol–water partition coefficient (Wildman–Crippen LogP) is 2.16. The lowest BCUT2D eigenvalue weighted by molar-refractivity contribution is 0.0923. The minimum absolute atomic E-state index is 0.0861. The van der Waals surface area contributed by atoms with E-state index in [-0.39, 0.29) is 11.7 Å². The number of pyridine rings is 1. The van der Waals surface area contributed by atoms with Crippen LogP contribution in [0.25, 0.3) is 0 Å². The number of hydrogen-bond acceptors (Lipinski definition) is 3. The van der Waals surface area contributed by atoms with Crippen LogP contribution in [0.2, 0.25) is 0 Å². The van der Waals surface area contributed by atoms with E-state index in [9.17, 15) is 4.79 Å². The fraction of sp³-hybridized carbons (Fsp3) is 0.500. The van der Waals surface area contributed by atoms with Gasteiger partial charge < -0.3 is 5.73 Å². The molecule has 0 saturated carbocycles. The Labute approximate surface area is 90.7 Å². The summed E-state index contributed by atoms with van der Waals surface area (Å²) in [4.78, 5) is 16.0. The lowest BCUT2D eigenvalue weighted by Gasteiger charge is -2.09. The summed E-state index contributed by atoms with van der Waals surface area (Å²) in [6, 6.07) is 3.54. The van der Waals surface area contributed by atoms with Gasteiger partial charge in [-0.3, -0.25) is 9.78 Å². The molecule has 82 valence electrons. The number of aromatic nitrogens is 1. The first-order valence-corrected chi connectivity index (χ1v) is 5.38. The monoisotopic (exact) mass is 206 g/mol. The Hall–Kier alpha value is -1.22. The van der Waals surface area contributed by atoms with Crippen molar-refractivity contribution >= 4 is 5.78 Å². The molecule has 1 rings (SSSR count). The van der Waals surface area contributed by atoms with Crippen LogP contribution < -0.4 is 5.73 Å². The third-order valence-corrected chi connectivity index (χ3v) is 2.48. The van der Waals surface area contributed by atoms with Gasteiger partial charge >= 0.3 is 0 Å². The molecule has 0 aliphatic rings. The summed E-state index contributed by atoms with van der Waals surface area (Å²) < 4.78 is 0. The number of ketones is 1. The number of carbonyl (C=O) groups excluding carboxylic acids is 1. The maximum Gasteiger partial charge on any atom is 0.165 e. The first-order valence-electron chi connectivity index (χ1n) is 5.38. The van der Waals surface area contributed by atoms with Crippen LogP contribution in [0, 0.1) is 5.92 Å². The predicted molar refractivity (Wildman–Crippen MR) is 60.5 cm³/mol. The van der Waals surface area contributed by atoms with Gasteiger partial charge in [0.2, 0.25) is 0 Å². The van der Waals surface area contributed by atoms with Gasteiger partial charge in [0.15, 0.2) is 5.78 Å². The molecule has 0 aliphatic carbocycles. The van der Waals surface area contributed by atoms with E-state index in [0.717, 1.165) is 24.1 Å². The van der Waals surface area contributed by atoms with Crippen LogP contribution in [0.3, 0.4) is 0 Å². The molecule has 1 atom stereocenters. The first-order chi connectivity index (χ1) is 7.19. The molecule has 1 unspecified atom stereocenters. The van der Waals surface area contributed by atoms with Gasteiger partial charge in [0, 0.05) is 24.2 Å². The Bertz CT molecular complexity index is 336. The molecule has 3 nitrogen and oxygen atoms in total. The Kier molecular flexibility index (Phi) is 4.43. The van der Waals surface area contributed by atoms with Crippen LogP contribution in [0.1, 0.15) is 42.7 Å². The number of Topliss-reactive ketones (excluding diaryl/α,β-unsaturated/α-hetero) is 1. The molecule has 1 aromatic rings. The van der Waals surface area contributed by atoms with E-state index in [2.05, 4.69) is 11.9 Å². The Morgan fingerprint density at radius 3 is 2.93 bits per heavy atom. The molecule has 0 spiro atoms. The molecule has 0 saturated heterocycles. The van der Waals surface area contributed by atoms with Gasteiger partial charge in [0.1, 0.15) is 0 Å². The average molecular weight is 206 g/mol. The fourth-order valence-electron chi connectivity index (χ4n) is 1.59. The molecule has 3 heteroatoms. The second-order valence-corrected chi connectivity index (χ2v) is 3.79. The Balaban J connectivity index is 2.81. The third kappa shape index (κ3) is 3.13. The zero-order chi connectivity index (χ0) is 11.3. The molecule has 0 amide bonds. The molecule has 2 N–H and O–H groups in total. The maximum absolute atomic E-state index is 11.9. The smallest absolute Gasteiger partial charge is 0.165 e. The van der Waals surface area contributed by atoms with Crippen molar-refractivity contribution in [1.29, 1.82) is 0 Å². The molecule has 0 radical (unpaired) electrons. The fourth-order valence-corrected chi connectivity index (χ4v) is 1.59. The zero-order valence-corrected chi connectivity index (χ0v) is 9.36. The van der Waals surface area contributed by atoms with Crippen molar-refractivity contribution in [3.05, 3.63) is 29.6 Å². The van der Waals surface area contributed by atoms with Gasteiger partial charge in [0.05, 0.1) is 5.69 Å². The van der Waals surface area contributed by atoms with Crippen molar-refractivity contribution in [3.8, 4) is 0 Å². The average Bonchev–Trinajstić information content (AvgIpc) is 2.28. The van der Waals surface area contributed by atoms with Crippen molar-refractivity contribution in [2.75, 3.05) is 0 Å². The van der Waals surface area contributed by atoms with E-state index < -0.39 is 0 Å². The van der Waals surface area contributed by atoms with E-state index in [4.69, 9.17) is 5.73 Å². The van der Waals surface area contributed by atoms with Crippen molar-refractivity contribution in [3.63, 3.8) is 0 Å². The summed E-state index contributed by atoms with van der Waals surface area (Å²) in [5.74, 6) is 0.275. The lowest BCUT2D eigenvalue weighted by atomic mass is 9.95. The molecule has 0 aliphatic heterocycles. The minimum atomic E-state index is 0.0861. The van der Waals surface area contributed by atoms with Crippen LogP contribution in [0.4, 0.5) is 0 Å². The molecule has 1 heterocycles. The largest absolute Gasteiger partial charge is 0.325 e. The van der Waals surface area contributed by atoms with Crippen LogP contribution in [0.15, 0.2) is 18.3 Å². The van der Waals surface area contributed by atoms with Gasteiger partial charge in [-0.25, -0.2) is 0 Å². The van der Waals surface area contributed by atoms with Crippen LogP contribution in [0.5, 0.6) is 0 Å². The highest BCUT2D eigenvalue weighted by molar-refractivity contribution is 5.97.